The second kappa shape index (κ2) is 7.72. The summed E-state index contributed by atoms with van der Waals surface area (Å²) in [6.45, 7) is 0. The summed E-state index contributed by atoms with van der Waals surface area (Å²) in [4.78, 5) is 8.66. The van der Waals surface area contributed by atoms with Gasteiger partial charge in [-0.2, -0.15) is 4.98 Å². The maximum Gasteiger partial charge on any atom is 0.229 e. The maximum atomic E-state index is 6.14. The smallest absolute Gasteiger partial charge is 0.229 e. The molecular weight excluding hydrogens is 340 g/mol. The second-order valence-electron chi connectivity index (χ2n) is 5.09. The second-order valence-corrected chi connectivity index (χ2v) is 5.50. The Morgan fingerprint density at radius 3 is 2.32 bits per heavy atom. The molecule has 0 spiro atoms. The van der Waals surface area contributed by atoms with Crippen molar-refractivity contribution in [1.29, 1.82) is 0 Å². The average Bonchev–Trinajstić information content (AvgIpc) is 2.63. The van der Waals surface area contributed by atoms with Gasteiger partial charge in [-0.15, -0.1) is 0 Å². The van der Waals surface area contributed by atoms with Crippen molar-refractivity contribution in [3.63, 3.8) is 0 Å². The van der Waals surface area contributed by atoms with E-state index in [-0.39, 0.29) is 0 Å². The highest BCUT2D eigenvalue weighted by Gasteiger charge is 2.04. The van der Waals surface area contributed by atoms with Gasteiger partial charge in [-0.05, 0) is 48.5 Å². The minimum atomic E-state index is 0.481. The molecule has 1 heterocycles. The molecule has 0 aliphatic carbocycles. The van der Waals surface area contributed by atoms with Crippen molar-refractivity contribution in [2.75, 3.05) is 24.9 Å². The summed E-state index contributed by atoms with van der Waals surface area (Å²) in [5.41, 5.74) is 1.67. The molecule has 3 rings (SSSR count). The minimum absolute atomic E-state index is 0.481. The summed E-state index contributed by atoms with van der Waals surface area (Å²) in [6.07, 6.45) is 1.67. The zero-order chi connectivity index (χ0) is 17.6. The third-order valence-electron chi connectivity index (χ3n) is 3.43. The summed E-state index contributed by atoms with van der Waals surface area (Å²) in [5.74, 6) is 2.54. The molecule has 0 aliphatic rings. The number of hydrogen-bond acceptors (Lipinski definition) is 6. The van der Waals surface area contributed by atoms with Crippen LogP contribution < -0.4 is 20.1 Å². The molecule has 0 amide bonds. The number of benzene rings is 2. The summed E-state index contributed by atoms with van der Waals surface area (Å²) in [6, 6.07) is 14.7. The Labute approximate surface area is 150 Å². The number of rotatable bonds is 6. The van der Waals surface area contributed by atoms with E-state index in [9.17, 15) is 0 Å². The Morgan fingerprint density at radius 1 is 0.880 bits per heavy atom. The van der Waals surface area contributed by atoms with E-state index in [1.54, 1.807) is 38.6 Å². The highest BCUT2D eigenvalue weighted by molar-refractivity contribution is 6.32. The van der Waals surface area contributed by atoms with Gasteiger partial charge in [0.1, 0.15) is 17.3 Å². The van der Waals surface area contributed by atoms with Crippen LogP contribution in [-0.4, -0.2) is 24.2 Å². The molecule has 128 valence electrons. The van der Waals surface area contributed by atoms with E-state index in [0.29, 0.717) is 22.5 Å². The summed E-state index contributed by atoms with van der Waals surface area (Å²) in [7, 11) is 3.21. The number of aromatic nitrogens is 2. The third kappa shape index (κ3) is 4.30. The van der Waals surface area contributed by atoms with Gasteiger partial charge in [0.05, 0.1) is 19.2 Å². The Kier molecular flexibility index (Phi) is 5.20. The molecule has 0 fully saturated rings. The molecule has 0 bridgehead atoms. The first-order chi connectivity index (χ1) is 12.2. The van der Waals surface area contributed by atoms with E-state index in [1.807, 2.05) is 30.3 Å². The van der Waals surface area contributed by atoms with Crippen molar-refractivity contribution in [2.24, 2.45) is 0 Å². The van der Waals surface area contributed by atoms with Crippen LogP contribution in [0.2, 0.25) is 5.02 Å². The quantitative estimate of drug-likeness (QED) is 0.671. The van der Waals surface area contributed by atoms with E-state index in [4.69, 9.17) is 21.1 Å². The van der Waals surface area contributed by atoms with Crippen molar-refractivity contribution in [3.05, 3.63) is 59.8 Å². The van der Waals surface area contributed by atoms with Crippen LogP contribution in [0.1, 0.15) is 0 Å². The molecule has 0 saturated heterocycles. The van der Waals surface area contributed by atoms with Gasteiger partial charge in [0.15, 0.2) is 0 Å². The molecular formula is C18H17ClN4O2. The first-order valence-electron chi connectivity index (χ1n) is 7.52. The van der Waals surface area contributed by atoms with Crippen LogP contribution in [0.25, 0.3) is 0 Å². The summed E-state index contributed by atoms with van der Waals surface area (Å²) in [5, 5.41) is 6.86. The first kappa shape index (κ1) is 16.9. The molecule has 0 atom stereocenters. The Bertz CT molecular complexity index is 856. The molecule has 0 radical (unpaired) electrons. The predicted molar refractivity (Wildman–Crippen MR) is 99.6 cm³/mol. The van der Waals surface area contributed by atoms with Gasteiger partial charge in [-0.3, -0.25) is 0 Å². The fraction of sp³-hybridized carbons (Fsp3) is 0.111. The van der Waals surface area contributed by atoms with Crippen molar-refractivity contribution >= 4 is 34.7 Å². The molecule has 25 heavy (non-hydrogen) atoms. The monoisotopic (exact) mass is 356 g/mol. The van der Waals surface area contributed by atoms with Crippen molar-refractivity contribution in [1.82, 2.24) is 9.97 Å². The van der Waals surface area contributed by atoms with Crippen LogP contribution in [0.3, 0.4) is 0 Å². The van der Waals surface area contributed by atoms with Gasteiger partial charge in [-0.25, -0.2) is 4.98 Å². The molecule has 0 saturated carbocycles. The molecule has 3 aromatic rings. The van der Waals surface area contributed by atoms with E-state index in [2.05, 4.69) is 20.6 Å². The summed E-state index contributed by atoms with van der Waals surface area (Å²) < 4.78 is 10.3. The lowest BCUT2D eigenvalue weighted by Gasteiger charge is -2.10. The molecule has 6 nitrogen and oxygen atoms in total. The van der Waals surface area contributed by atoms with Crippen LogP contribution in [0.4, 0.5) is 23.1 Å². The third-order valence-corrected chi connectivity index (χ3v) is 3.72. The van der Waals surface area contributed by atoms with E-state index >= 15 is 0 Å². The van der Waals surface area contributed by atoms with Crippen molar-refractivity contribution < 1.29 is 9.47 Å². The van der Waals surface area contributed by atoms with Gasteiger partial charge < -0.3 is 20.1 Å². The van der Waals surface area contributed by atoms with Crippen LogP contribution in [0, 0.1) is 0 Å². The Morgan fingerprint density at radius 2 is 1.64 bits per heavy atom. The predicted octanol–water partition coefficient (Wildman–Crippen LogP) is 4.63. The van der Waals surface area contributed by atoms with Gasteiger partial charge in [0.2, 0.25) is 5.95 Å². The fourth-order valence-electron chi connectivity index (χ4n) is 2.18. The molecule has 0 aliphatic heterocycles. The lowest BCUT2D eigenvalue weighted by atomic mass is 10.3. The van der Waals surface area contributed by atoms with Crippen molar-refractivity contribution in [2.45, 2.75) is 0 Å². The molecule has 2 N–H and O–H groups in total. The number of methoxy groups -OCH3 is 2. The Balaban J connectivity index is 1.73. The van der Waals surface area contributed by atoms with Gasteiger partial charge >= 0.3 is 0 Å². The number of nitrogens with one attached hydrogen (secondary N) is 2. The minimum Gasteiger partial charge on any atom is -0.497 e. The van der Waals surface area contributed by atoms with Gasteiger partial charge in [-0.1, -0.05) is 11.6 Å². The Hall–Kier alpha value is -2.99. The number of hydrogen-bond donors (Lipinski definition) is 2. The van der Waals surface area contributed by atoms with Gasteiger partial charge in [0.25, 0.3) is 0 Å². The largest absolute Gasteiger partial charge is 0.497 e. The molecule has 1 aromatic heterocycles. The number of nitrogens with zero attached hydrogens (tertiary/aromatic N) is 2. The highest BCUT2D eigenvalue weighted by Crippen LogP contribution is 2.28. The zero-order valence-corrected chi connectivity index (χ0v) is 14.5. The first-order valence-corrected chi connectivity index (χ1v) is 7.90. The van der Waals surface area contributed by atoms with E-state index in [0.717, 1.165) is 17.1 Å². The number of anilines is 4. The lowest BCUT2D eigenvalue weighted by Crippen LogP contribution is -2.00. The topological polar surface area (TPSA) is 68.3 Å². The van der Waals surface area contributed by atoms with E-state index in [1.165, 1.54) is 0 Å². The van der Waals surface area contributed by atoms with Crippen LogP contribution in [-0.2, 0) is 0 Å². The number of halogens is 1. The van der Waals surface area contributed by atoms with Crippen molar-refractivity contribution in [3.8, 4) is 11.5 Å². The SMILES string of the molecule is COc1ccc(Nc2nccc(Nc3ccc(OC)c(Cl)c3)n2)cc1. The molecule has 0 unspecified atom stereocenters. The van der Waals surface area contributed by atoms with Gasteiger partial charge in [0, 0.05) is 17.6 Å². The molecule has 2 aromatic carbocycles. The highest BCUT2D eigenvalue weighted by atomic mass is 35.5. The van der Waals surface area contributed by atoms with Crippen LogP contribution >= 0.6 is 11.6 Å². The molecule has 7 heteroatoms. The summed E-state index contributed by atoms with van der Waals surface area (Å²) >= 11 is 6.14. The standard InChI is InChI=1S/C18H17ClN4O2/c1-24-14-6-3-12(4-7-14)22-18-20-10-9-17(23-18)21-13-5-8-16(25-2)15(19)11-13/h3-11H,1-2H3,(H2,20,21,22,23). The fourth-order valence-corrected chi connectivity index (χ4v) is 2.44. The van der Waals surface area contributed by atoms with Crippen LogP contribution in [0.15, 0.2) is 54.7 Å². The normalized spacial score (nSPS) is 10.2. The average molecular weight is 357 g/mol. The maximum absolute atomic E-state index is 6.14. The van der Waals surface area contributed by atoms with E-state index < -0.39 is 0 Å². The zero-order valence-electron chi connectivity index (χ0n) is 13.8. The van der Waals surface area contributed by atoms with Crippen LogP contribution in [0.5, 0.6) is 11.5 Å². The lowest BCUT2D eigenvalue weighted by molar-refractivity contribution is 0.415. The number of ether oxygens (including phenoxy) is 2.